The van der Waals surface area contributed by atoms with Crippen LogP contribution in [-0.4, -0.2) is 9.78 Å². The second kappa shape index (κ2) is 3.88. The van der Waals surface area contributed by atoms with E-state index in [-0.39, 0.29) is 0 Å². The van der Waals surface area contributed by atoms with E-state index >= 15 is 0 Å². The Labute approximate surface area is 106 Å². The van der Waals surface area contributed by atoms with Crippen molar-refractivity contribution in [2.24, 2.45) is 0 Å². The van der Waals surface area contributed by atoms with Gasteiger partial charge in [0.1, 0.15) is 0 Å². The summed E-state index contributed by atoms with van der Waals surface area (Å²) in [6, 6.07) is 14.1. The van der Waals surface area contributed by atoms with E-state index in [1.165, 1.54) is 5.39 Å². The first kappa shape index (κ1) is 10.8. The molecular weight excluding hydrogens is 222 g/mol. The van der Waals surface area contributed by atoms with Gasteiger partial charge >= 0.3 is 0 Å². The van der Waals surface area contributed by atoms with E-state index < -0.39 is 0 Å². The van der Waals surface area contributed by atoms with Crippen molar-refractivity contribution in [2.75, 3.05) is 5.73 Å². The maximum absolute atomic E-state index is 5.87. The fourth-order valence-electron chi connectivity index (χ4n) is 2.26. The molecule has 0 radical (unpaired) electrons. The Kier molecular flexibility index (Phi) is 2.33. The smallest absolute Gasteiger partial charge is 0.0744 e. The minimum absolute atomic E-state index is 0.757. The van der Waals surface area contributed by atoms with Gasteiger partial charge in [0.05, 0.1) is 16.9 Å². The molecule has 0 spiro atoms. The quantitative estimate of drug-likeness (QED) is 0.660. The zero-order valence-electron chi connectivity index (χ0n) is 10.5. The number of anilines is 1. The molecule has 1 heterocycles. The molecule has 0 unspecified atom stereocenters. The summed E-state index contributed by atoms with van der Waals surface area (Å²) in [5.74, 6) is 0. The number of nitrogen functional groups attached to an aromatic ring is 1. The molecule has 2 aromatic carbocycles. The van der Waals surface area contributed by atoms with Crippen LogP contribution in [0, 0.1) is 13.8 Å². The van der Waals surface area contributed by atoms with Crippen molar-refractivity contribution in [3.05, 3.63) is 53.7 Å². The minimum atomic E-state index is 0.757. The van der Waals surface area contributed by atoms with E-state index in [4.69, 9.17) is 5.73 Å². The highest BCUT2D eigenvalue weighted by atomic mass is 15.3. The average Bonchev–Trinajstić information content (AvgIpc) is 2.71. The average molecular weight is 237 g/mol. The molecule has 3 nitrogen and oxygen atoms in total. The van der Waals surface area contributed by atoms with Crippen molar-refractivity contribution in [1.29, 1.82) is 0 Å². The van der Waals surface area contributed by atoms with Gasteiger partial charge in [-0.1, -0.05) is 24.3 Å². The van der Waals surface area contributed by atoms with Crippen LogP contribution in [-0.2, 0) is 0 Å². The molecule has 0 fully saturated rings. The van der Waals surface area contributed by atoms with Crippen molar-refractivity contribution in [2.45, 2.75) is 13.8 Å². The van der Waals surface area contributed by atoms with Crippen LogP contribution >= 0.6 is 0 Å². The summed E-state index contributed by atoms with van der Waals surface area (Å²) in [7, 11) is 0. The first-order valence-corrected chi connectivity index (χ1v) is 5.97. The van der Waals surface area contributed by atoms with Gasteiger partial charge in [-0.05, 0) is 37.6 Å². The Morgan fingerprint density at radius 1 is 1.06 bits per heavy atom. The lowest BCUT2D eigenvalue weighted by Gasteiger charge is -2.08. The predicted molar refractivity (Wildman–Crippen MR) is 75.0 cm³/mol. The zero-order chi connectivity index (χ0) is 12.7. The third kappa shape index (κ3) is 1.56. The largest absolute Gasteiger partial charge is 0.399 e. The van der Waals surface area contributed by atoms with E-state index in [1.54, 1.807) is 0 Å². The molecule has 0 bridgehead atoms. The molecule has 90 valence electrons. The summed E-state index contributed by atoms with van der Waals surface area (Å²) >= 11 is 0. The second-order valence-corrected chi connectivity index (χ2v) is 4.56. The van der Waals surface area contributed by atoms with Gasteiger partial charge in [0, 0.05) is 11.1 Å². The number of nitrogens with zero attached hydrogens (tertiary/aromatic N) is 2. The van der Waals surface area contributed by atoms with Gasteiger partial charge in [-0.2, -0.15) is 5.10 Å². The highest BCUT2D eigenvalue weighted by Gasteiger charge is 2.10. The number of hydrogen-bond donors (Lipinski definition) is 1. The highest BCUT2D eigenvalue weighted by Crippen LogP contribution is 2.24. The van der Waals surface area contributed by atoms with Gasteiger partial charge < -0.3 is 5.73 Å². The monoisotopic (exact) mass is 237 g/mol. The lowest BCUT2D eigenvalue weighted by molar-refractivity contribution is 0.882. The third-order valence-electron chi connectivity index (χ3n) is 3.23. The van der Waals surface area contributed by atoms with E-state index in [0.29, 0.717) is 0 Å². The van der Waals surface area contributed by atoms with Crippen LogP contribution in [0.2, 0.25) is 0 Å². The molecule has 1 aromatic heterocycles. The van der Waals surface area contributed by atoms with Crippen LogP contribution in [0.1, 0.15) is 11.3 Å². The molecule has 0 amide bonds. The van der Waals surface area contributed by atoms with E-state index in [0.717, 1.165) is 28.1 Å². The Morgan fingerprint density at radius 3 is 2.67 bits per heavy atom. The molecule has 2 N–H and O–H groups in total. The highest BCUT2D eigenvalue weighted by molar-refractivity contribution is 5.83. The van der Waals surface area contributed by atoms with Gasteiger partial charge in [0.25, 0.3) is 0 Å². The molecule has 3 rings (SSSR count). The van der Waals surface area contributed by atoms with Crippen LogP contribution in [0.4, 0.5) is 5.69 Å². The summed E-state index contributed by atoms with van der Waals surface area (Å²) in [6.45, 7) is 4.10. The Bertz CT molecular complexity index is 726. The van der Waals surface area contributed by atoms with E-state index in [2.05, 4.69) is 24.2 Å². The van der Waals surface area contributed by atoms with Gasteiger partial charge in [-0.15, -0.1) is 0 Å². The molecule has 18 heavy (non-hydrogen) atoms. The van der Waals surface area contributed by atoms with Crippen LogP contribution < -0.4 is 5.73 Å². The van der Waals surface area contributed by atoms with Crippen molar-refractivity contribution in [3.63, 3.8) is 0 Å². The zero-order valence-corrected chi connectivity index (χ0v) is 10.5. The second-order valence-electron chi connectivity index (χ2n) is 4.56. The van der Waals surface area contributed by atoms with Crippen molar-refractivity contribution in [3.8, 4) is 5.69 Å². The SMILES string of the molecule is Cc1ccc(N)cc1-n1nc(C)c2ccccc21. The molecule has 0 aliphatic carbocycles. The van der Waals surface area contributed by atoms with Crippen LogP contribution in [0.3, 0.4) is 0 Å². The van der Waals surface area contributed by atoms with Gasteiger partial charge in [-0.25, -0.2) is 4.68 Å². The van der Waals surface area contributed by atoms with Crippen molar-refractivity contribution >= 4 is 16.6 Å². The number of aryl methyl sites for hydroxylation is 2. The minimum Gasteiger partial charge on any atom is -0.399 e. The topological polar surface area (TPSA) is 43.8 Å². The number of hydrogen-bond acceptors (Lipinski definition) is 2. The Hall–Kier alpha value is -2.29. The van der Waals surface area contributed by atoms with Crippen molar-refractivity contribution in [1.82, 2.24) is 9.78 Å². The summed E-state index contributed by atoms with van der Waals surface area (Å²) < 4.78 is 1.97. The summed E-state index contributed by atoms with van der Waals surface area (Å²) in [5.41, 5.74) is 11.0. The Balaban J connectivity index is 2.35. The third-order valence-corrected chi connectivity index (χ3v) is 3.23. The van der Waals surface area contributed by atoms with Crippen LogP contribution in [0.25, 0.3) is 16.6 Å². The lowest BCUT2D eigenvalue weighted by atomic mass is 10.1. The fourth-order valence-corrected chi connectivity index (χ4v) is 2.26. The van der Waals surface area contributed by atoms with E-state index in [9.17, 15) is 0 Å². The molecule has 0 aliphatic rings. The van der Waals surface area contributed by atoms with Gasteiger partial charge in [-0.3, -0.25) is 0 Å². The number of benzene rings is 2. The first-order valence-electron chi connectivity index (χ1n) is 5.97. The fraction of sp³-hybridized carbons (Fsp3) is 0.133. The standard InChI is InChI=1S/C15H15N3/c1-10-7-8-12(16)9-15(10)18-14-6-4-3-5-13(14)11(2)17-18/h3-9H,16H2,1-2H3. The van der Waals surface area contributed by atoms with Crippen LogP contribution in [0.5, 0.6) is 0 Å². The molecule has 3 heteroatoms. The molecule has 0 aliphatic heterocycles. The number of nitrogens with two attached hydrogens (primary N) is 1. The predicted octanol–water partition coefficient (Wildman–Crippen LogP) is 3.22. The summed E-state index contributed by atoms with van der Waals surface area (Å²) in [4.78, 5) is 0. The molecule has 0 saturated heterocycles. The first-order chi connectivity index (χ1) is 8.66. The number of aromatic nitrogens is 2. The summed E-state index contributed by atoms with van der Waals surface area (Å²) in [6.07, 6.45) is 0. The van der Waals surface area contributed by atoms with Gasteiger partial charge in [0.15, 0.2) is 0 Å². The normalized spacial score (nSPS) is 11.0. The molecular formula is C15H15N3. The number of fused-ring (bicyclic) bond motifs is 1. The number of para-hydroxylation sites is 1. The lowest BCUT2D eigenvalue weighted by Crippen LogP contribution is -2.00. The molecule has 0 saturated carbocycles. The van der Waals surface area contributed by atoms with Crippen LogP contribution in [0.15, 0.2) is 42.5 Å². The number of rotatable bonds is 1. The maximum atomic E-state index is 5.87. The van der Waals surface area contributed by atoms with Crippen molar-refractivity contribution < 1.29 is 0 Å². The molecule has 3 aromatic rings. The maximum Gasteiger partial charge on any atom is 0.0744 e. The van der Waals surface area contributed by atoms with E-state index in [1.807, 2.05) is 41.9 Å². The Morgan fingerprint density at radius 2 is 1.83 bits per heavy atom. The molecule has 0 atom stereocenters. The van der Waals surface area contributed by atoms with Gasteiger partial charge in [0.2, 0.25) is 0 Å². The summed E-state index contributed by atoms with van der Waals surface area (Å²) in [5, 5.41) is 5.80.